The van der Waals surface area contributed by atoms with Crippen molar-refractivity contribution in [1.82, 2.24) is 0 Å². The molecule has 1 aliphatic carbocycles. The Kier molecular flexibility index (Phi) is 9.36. The van der Waals surface area contributed by atoms with E-state index in [2.05, 4.69) is 40.7 Å². The summed E-state index contributed by atoms with van der Waals surface area (Å²) < 4.78 is 0. The van der Waals surface area contributed by atoms with Crippen LogP contribution < -0.4 is 0 Å². The zero-order chi connectivity index (χ0) is 15.7. The van der Waals surface area contributed by atoms with Crippen LogP contribution in [0.25, 0.3) is 0 Å². The second-order valence-corrected chi connectivity index (χ2v) is 8.17. The third kappa shape index (κ3) is 9.38. The van der Waals surface area contributed by atoms with Gasteiger partial charge < -0.3 is 0 Å². The molecule has 1 aliphatic rings. The van der Waals surface area contributed by atoms with Crippen molar-refractivity contribution in [3.05, 3.63) is 11.6 Å². The summed E-state index contributed by atoms with van der Waals surface area (Å²) in [5.41, 5.74) is 1.61. The van der Waals surface area contributed by atoms with Crippen LogP contribution in [0, 0.1) is 23.7 Å². The van der Waals surface area contributed by atoms with Crippen molar-refractivity contribution in [2.75, 3.05) is 0 Å². The van der Waals surface area contributed by atoms with Crippen LogP contribution in [-0.2, 0) is 0 Å². The minimum Gasteiger partial charge on any atom is -0.0853 e. The molecule has 0 aliphatic heterocycles. The second kappa shape index (κ2) is 10.5. The summed E-state index contributed by atoms with van der Waals surface area (Å²) in [6, 6.07) is 0. The van der Waals surface area contributed by atoms with Gasteiger partial charge in [0.1, 0.15) is 0 Å². The molecule has 0 aromatic carbocycles. The predicted octanol–water partition coefficient (Wildman–Crippen LogP) is 7.39. The Labute approximate surface area is 134 Å². The Morgan fingerprint density at radius 1 is 1.05 bits per heavy atom. The third-order valence-electron chi connectivity index (χ3n) is 5.13. The molecule has 0 heterocycles. The van der Waals surface area contributed by atoms with Crippen LogP contribution in [0.5, 0.6) is 0 Å². The summed E-state index contributed by atoms with van der Waals surface area (Å²) in [5.74, 6) is 3.90. The maximum absolute atomic E-state index is 2.46. The van der Waals surface area contributed by atoms with Crippen LogP contribution in [0.2, 0.25) is 0 Å². The summed E-state index contributed by atoms with van der Waals surface area (Å²) in [7, 11) is 0. The Morgan fingerprint density at radius 3 is 2.33 bits per heavy atom. The molecule has 0 aromatic heterocycles. The summed E-state index contributed by atoms with van der Waals surface area (Å²) >= 11 is 0. The predicted molar refractivity (Wildman–Crippen MR) is 96.6 cm³/mol. The molecule has 0 nitrogen and oxygen atoms in total. The normalized spacial score (nSPS) is 23.6. The zero-order valence-electron chi connectivity index (χ0n) is 15.5. The minimum atomic E-state index is 0.800. The van der Waals surface area contributed by atoms with Gasteiger partial charge in [-0.15, -0.1) is 0 Å². The van der Waals surface area contributed by atoms with E-state index >= 15 is 0 Å². The lowest BCUT2D eigenvalue weighted by molar-refractivity contribution is 0.469. The molecule has 3 atom stereocenters. The first-order chi connectivity index (χ1) is 10.0. The maximum Gasteiger partial charge on any atom is -0.0297 e. The lowest BCUT2D eigenvalue weighted by Gasteiger charge is -2.12. The van der Waals surface area contributed by atoms with E-state index in [9.17, 15) is 0 Å². The average Bonchev–Trinajstić information content (AvgIpc) is 3.17. The molecule has 0 saturated heterocycles. The van der Waals surface area contributed by atoms with Gasteiger partial charge in [-0.25, -0.2) is 0 Å². The second-order valence-electron chi connectivity index (χ2n) is 8.17. The molecule has 3 unspecified atom stereocenters. The molecule has 0 N–H and O–H groups in total. The van der Waals surface area contributed by atoms with Gasteiger partial charge in [-0.1, -0.05) is 84.3 Å². The fourth-order valence-corrected chi connectivity index (χ4v) is 3.55. The van der Waals surface area contributed by atoms with E-state index in [-0.39, 0.29) is 0 Å². The van der Waals surface area contributed by atoms with Gasteiger partial charge in [0.2, 0.25) is 0 Å². The van der Waals surface area contributed by atoms with Crippen molar-refractivity contribution in [3.63, 3.8) is 0 Å². The molecule has 0 spiro atoms. The summed E-state index contributed by atoms with van der Waals surface area (Å²) in [4.78, 5) is 0. The van der Waals surface area contributed by atoms with E-state index in [1.54, 1.807) is 12.0 Å². The molecule has 1 rings (SSSR count). The highest BCUT2D eigenvalue weighted by atomic mass is 14.4. The van der Waals surface area contributed by atoms with Gasteiger partial charge in [0.15, 0.2) is 0 Å². The topological polar surface area (TPSA) is 0 Å². The first-order valence-electron chi connectivity index (χ1n) is 9.68. The fourth-order valence-electron chi connectivity index (χ4n) is 3.55. The Morgan fingerprint density at radius 2 is 1.71 bits per heavy atom. The van der Waals surface area contributed by atoms with Gasteiger partial charge in [0.05, 0.1) is 0 Å². The molecular formula is C21H40. The zero-order valence-corrected chi connectivity index (χ0v) is 15.5. The highest BCUT2D eigenvalue weighted by Gasteiger charge is 2.34. The molecule has 0 bridgehead atoms. The first kappa shape index (κ1) is 18.8. The van der Waals surface area contributed by atoms with E-state index < -0.39 is 0 Å². The van der Waals surface area contributed by atoms with Crippen molar-refractivity contribution < 1.29 is 0 Å². The Bertz CT molecular complexity index is 286. The number of allylic oxidation sites excluding steroid dienone is 2. The molecule has 124 valence electrons. The van der Waals surface area contributed by atoms with Crippen molar-refractivity contribution in [3.8, 4) is 0 Å². The van der Waals surface area contributed by atoms with E-state index in [1.165, 1.54) is 57.8 Å². The fraction of sp³-hybridized carbons (Fsp3) is 0.905. The molecule has 1 fully saturated rings. The van der Waals surface area contributed by atoms with Crippen molar-refractivity contribution in [1.29, 1.82) is 0 Å². The van der Waals surface area contributed by atoms with Gasteiger partial charge >= 0.3 is 0 Å². The monoisotopic (exact) mass is 292 g/mol. The lowest BCUT2D eigenvalue weighted by Crippen LogP contribution is -1.97. The smallest absolute Gasteiger partial charge is 0.0297 e. The third-order valence-corrected chi connectivity index (χ3v) is 5.13. The van der Waals surface area contributed by atoms with E-state index in [1.807, 2.05) is 0 Å². The molecule has 0 heteroatoms. The number of hydrogen-bond donors (Lipinski definition) is 0. The van der Waals surface area contributed by atoms with Crippen molar-refractivity contribution in [2.24, 2.45) is 23.7 Å². The lowest BCUT2D eigenvalue weighted by atomic mass is 9.94. The van der Waals surface area contributed by atoms with Crippen molar-refractivity contribution >= 4 is 0 Å². The largest absolute Gasteiger partial charge is 0.0853 e. The van der Waals surface area contributed by atoms with Crippen LogP contribution in [0.15, 0.2) is 11.6 Å². The van der Waals surface area contributed by atoms with Gasteiger partial charge in [0, 0.05) is 0 Å². The molecule has 21 heavy (non-hydrogen) atoms. The van der Waals surface area contributed by atoms with Gasteiger partial charge in [-0.2, -0.15) is 0 Å². The standard InChI is InChI=1S/C21H40/c1-6-7-11-20-16-21(20)12-9-8-10-18(4)15-19(5)14-13-17(2)3/h14,17-18,20-21H,6-13,15-16H2,1-5H3. The Hall–Kier alpha value is -0.260. The average molecular weight is 293 g/mol. The van der Waals surface area contributed by atoms with Crippen LogP contribution in [0.4, 0.5) is 0 Å². The molecule has 0 radical (unpaired) electrons. The van der Waals surface area contributed by atoms with Crippen LogP contribution >= 0.6 is 0 Å². The first-order valence-corrected chi connectivity index (χ1v) is 9.68. The van der Waals surface area contributed by atoms with Gasteiger partial charge in [-0.05, 0) is 49.9 Å². The van der Waals surface area contributed by atoms with Crippen LogP contribution in [0.1, 0.15) is 98.8 Å². The van der Waals surface area contributed by atoms with Gasteiger partial charge in [-0.3, -0.25) is 0 Å². The number of unbranched alkanes of at least 4 members (excludes halogenated alkanes) is 2. The minimum absolute atomic E-state index is 0.800. The summed E-state index contributed by atoms with van der Waals surface area (Å²) in [6.45, 7) is 11.7. The van der Waals surface area contributed by atoms with E-state index in [4.69, 9.17) is 0 Å². The molecule has 0 amide bonds. The highest BCUT2D eigenvalue weighted by Crippen LogP contribution is 2.45. The van der Waals surface area contributed by atoms with E-state index in [0.29, 0.717) is 0 Å². The van der Waals surface area contributed by atoms with E-state index in [0.717, 1.165) is 23.7 Å². The molecule has 0 aromatic rings. The summed E-state index contributed by atoms with van der Waals surface area (Å²) in [5, 5.41) is 0. The maximum atomic E-state index is 2.46. The van der Waals surface area contributed by atoms with Crippen molar-refractivity contribution in [2.45, 2.75) is 98.8 Å². The molecule has 1 saturated carbocycles. The molecular weight excluding hydrogens is 252 g/mol. The van der Waals surface area contributed by atoms with Gasteiger partial charge in [0.25, 0.3) is 0 Å². The number of rotatable bonds is 12. The summed E-state index contributed by atoms with van der Waals surface area (Å²) in [6.07, 6.45) is 16.8. The van der Waals surface area contributed by atoms with Crippen LogP contribution in [0.3, 0.4) is 0 Å². The van der Waals surface area contributed by atoms with Crippen LogP contribution in [-0.4, -0.2) is 0 Å². The SMILES string of the molecule is CCCCC1CC1CCCCC(C)CC(C)=CCC(C)C. The Balaban J connectivity index is 1.99. The quantitative estimate of drug-likeness (QED) is 0.260. The number of hydrogen-bond acceptors (Lipinski definition) is 0. The highest BCUT2D eigenvalue weighted by molar-refractivity contribution is 4.99.